The van der Waals surface area contributed by atoms with E-state index in [1.807, 2.05) is 0 Å². The Kier molecular flexibility index (Phi) is 2.88. The maximum Gasteiger partial charge on any atom is 0.207 e. The first-order valence-corrected chi connectivity index (χ1v) is 4.18. The quantitative estimate of drug-likeness (QED) is 0.563. The summed E-state index contributed by atoms with van der Waals surface area (Å²) >= 11 is 0. The van der Waals surface area contributed by atoms with Crippen LogP contribution in [-0.4, -0.2) is 24.5 Å². The third kappa shape index (κ3) is 2.50. The summed E-state index contributed by atoms with van der Waals surface area (Å²) in [7, 11) is 0. The second-order valence-electron chi connectivity index (χ2n) is 3.42. The highest BCUT2D eigenvalue weighted by atomic mass is 16.1. The Bertz CT molecular complexity index is 128. The molecule has 64 valence electrons. The SMILES string of the molecule is CC1CC(NC=O)CC(C)N1. The highest BCUT2D eigenvalue weighted by Crippen LogP contribution is 2.12. The highest BCUT2D eigenvalue weighted by Gasteiger charge is 2.21. The van der Waals surface area contributed by atoms with E-state index in [-0.39, 0.29) is 0 Å². The van der Waals surface area contributed by atoms with Crippen LogP contribution in [0.15, 0.2) is 0 Å². The van der Waals surface area contributed by atoms with E-state index in [0.29, 0.717) is 18.1 Å². The van der Waals surface area contributed by atoms with Crippen molar-refractivity contribution in [3.05, 3.63) is 0 Å². The second kappa shape index (κ2) is 3.72. The predicted molar refractivity (Wildman–Crippen MR) is 44.3 cm³/mol. The summed E-state index contributed by atoms with van der Waals surface area (Å²) in [5.74, 6) is 0. The first-order valence-electron chi connectivity index (χ1n) is 4.18. The van der Waals surface area contributed by atoms with Gasteiger partial charge in [0.1, 0.15) is 0 Å². The van der Waals surface area contributed by atoms with Gasteiger partial charge in [-0.1, -0.05) is 0 Å². The molecule has 1 fully saturated rings. The zero-order valence-corrected chi connectivity index (χ0v) is 7.13. The summed E-state index contributed by atoms with van der Waals surface area (Å²) in [5.41, 5.74) is 0. The normalized spacial score (nSPS) is 38.2. The summed E-state index contributed by atoms with van der Waals surface area (Å²) < 4.78 is 0. The average molecular weight is 156 g/mol. The third-order valence-corrected chi connectivity index (χ3v) is 2.15. The lowest BCUT2D eigenvalue weighted by atomic mass is 9.96. The fraction of sp³-hybridized carbons (Fsp3) is 0.875. The lowest BCUT2D eigenvalue weighted by molar-refractivity contribution is -0.110. The van der Waals surface area contributed by atoms with E-state index >= 15 is 0 Å². The first-order chi connectivity index (χ1) is 5.22. The largest absolute Gasteiger partial charge is 0.356 e. The maximum absolute atomic E-state index is 10.2. The van der Waals surface area contributed by atoms with Crippen molar-refractivity contribution in [3.63, 3.8) is 0 Å². The summed E-state index contributed by atoms with van der Waals surface area (Å²) in [6, 6.07) is 1.42. The fourth-order valence-corrected chi connectivity index (χ4v) is 1.80. The maximum atomic E-state index is 10.2. The minimum atomic E-state index is 0.374. The van der Waals surface area contributed by atoms with Crippen LogP contribution in [0.25, 0.3) is 0 Å². The van der Waals surface area contributed by atoms with Gasteiger partial charge >= 0.3 is 0 Å². The molecule has 2 unspecified atom stereocenters. The molecular weight excluding hydrogens is 140 g/mol. The van der Waals surface area contributed by atoms with Gasteiger partial charge in [-0.25, -0.2) is 0 Å². The van der Waals surface area contributed by atoms with Crippen LogP contribution < -0.4 is 10.6 Å². The number of amides is 1. The van der Waals surface area contributed by atoms with Crippen molar-refractivity contribution in [1.29, 1.82) is 0 Å². The van der Waals surface area contributed by atoms with Crippen LogP contribution in [0.1, 0.15) is 26.7 Å². The standard InChI is InChI=1S/C8H16N2O/c1-6-3-8(9-5-11)4-7(2)10-6/h5-8,10H,3-4H2,1-2H3,(H,9,11). The molecule has 0 aromatic rings. The van der Waals surface area contributed by atoms with Gasteiger partial charge in [-0.2, -0.15) is 0 Å². The van der Waals surface area contributed by atoms with Crippen molar-refractivity contribution in [2.75, 3.05) is 0 Å². The van der Waals surface area contributed by atoms with Crippen LogP contribution in [0.5, 0.6) is 0 Å². The Labute approximate surface area is 67.5 Å². The molecular formula is C8H16N2O. The Morgan fingerprint density at radius 1 is 1.36 bits per heavy atom. The van der Waals surface area contributed by atoms with Crippen molar-refractivity contribution in [2.45, 2.75) is 44.8 Å². The molecule has 0 aromatic carbocycles. The van der Waals surface area contributed by atoms with Crippen LogP contribution in [-0.2, 0) is 4.79 Å². The molecule has 0 aromatic heterocycles. The van der Waals surface area contributed by atoms with Gasteiger partial charge in [0.05, 0.1) is 0 Å². The van der Waals surface area contributed by atoms with E-state index in [1.54, 1.807) is 0 Å². The molecule has 1 amide bonds. The lowest BCUT2D eigenvalue weighted by Crippen LogP contribution is -2.48. The molecule has 0 spiro atoms. The van der Waals surface area contributed by atoms with Gasteiger partial charge in [0.2, 0.25) is 6.41 Å². The number of hydrogen-bond donors (Lipinski definition) is 2. The molecule has 0 radical (unpaired) electrons. The molecule has 1 aliphatic rings. The van der Waals surface area contributed by atoms with Crippen molar-refractivity contribution in [1.82, 2.24) is 10.6 Å². The van der Waals surface area contributed by atoms with Crippen molar-refractivity contribution < 1.29 is 4.79 Å². The van der Waals surface area contributed by atoms with Crippen molar-refractivity contribution >= 4 is 6.41 Å². The number of rotatable bonds is 2. The minimum Gasteiger partial charge on any atom is -0.356 e. The number of piperidine rings is 1. The second-order valence-corrected chi connectivity index (χ2v) is 3.42. The summed E-state index contributed by atoms with van der Waals surface area (Å²) in [6.45, 7) is 4.30. The smallest absolute Gasteiger partial charge is 0.207 e. The van der Waals surface area contributed by atoms with E-state index in [9.17, 15) is 4.79 Å². The molecule has 0 saturated carbocycles. The molecule has 1 saturated heterocycles. The Morgan fingerprint density at radius 2 is 1.91 bits per heavy atom. The fourth-order valence-electron chi connectivity index (χ4n) is 1.80. The van der Waals surface area contributed by atoms with Crippen LogP contribution >= 0.6 is 0 Å². The molecule has 3 heteroatoms. The molecule has 1 aliphatic heterocycles. The predicted octanol–water partition coefficient (Wildman–Crippen LogP) is 0.261. The molecule has 1 rings (SSSR count). The van der Waals surface area contributed by atoms with E-state index in [1.165, 1.54) is 0 Å². The van der Waals surface area contributed by atoms with E-state index in [4.69, 9.17) is 0 Å². The molecule has 0 aliphatic carbocycles. The van der Waals surface area contributed by atoms with Crippen LogP contribution in [0.2, 0.25) is 0 Å². The van der Waals surface area contributed by atoms with Gasteiger partial charge in [0.15, 0.2) is 0 Å². The summed E-state index contributed by atoms with van der Waals surface area (Å²) in [6.07, 6.45) is 2.89. The van der Waals surface area contributed by atoms with Crippen molar-refractivity contribution in [3.8, 4) is 0 Å². The van der Waals surface area contributed by atoms with Gasteiger partial charge in [0, 0.05) is 18.1 Å². The number of nitrogens with one attached hydrogen (secondary N) is 2. The molecule has 1 heterocycles. The lowest BCUT2D eigenvalue weighted by Gasteiger charge is -2.32. The number of carbonyl (C=O) groups is 1. The van der Waals surface area contributed by atoms with E-state index < -0.39 is 0 Å². The van der Waals surface area contributed by atoms with Gasteiger partial charge in [-0.15, -0.1) is 0 Å². The zero-order chi connectivity index (χ0) is 8.27. The number of carbonyl (C=O) groups excluding carboxylic acids is 1. The van der Waals surface area contributed by atoms with Crippen LogP contribution in [0.3, 0.4) is 0 Å². The summed E-state index contributed by atoms with van der Waals surface area (Å²) in [5, 5.41) is 6.24. The third-order valence-electron chi connectivity index (χ3n) is 2.15. The highest BCUT2D eigenvalue weighted by molar-refractivity contribution is 5.46. The molecule has 0 bridgehead atoms. The van der Waals surface area contributed by atoms with Gasteiger partial charge < -0.3 is 10.6 Å². The molecule has 2 atom stereocenters. The monoisotopic (exact) mass is 156 g/mol. The minimum absolute atomic E-state index is 0.374. The Balaban J connectivity index is 2.36. The summed E-state index contributed by atoms with van der Waals surface area (Å²) in [4.78, 5) is 10.2. The molecule has 3 nitrogen and oxygen atoms in total. The molecule has 11 heavy (non-hydrogen) atoms. The van der Waals surface area contributed by atoms with Gasteiger partial charge in [0.25, 0.3) is 0 Å². The van der Waals surface area contributed by atoms with Gasteiger partial charge in [-0.3, -0.25) is 4.79 Å². The zero-order valence-electron chi connectivity index (χ0n) is 7.13. The number of hydrogen-bond acceptors (Lipinski definition) is 2. The Morgan fingerprint density at radius 3 is 2.36 bits per heavy atom. The van der Waals surface area contributed by atoms with Crippen LogP contribution in [0, 0.1) is 0 Å². The van der Waals surface area contributed by atoms with Crippen LogP contribution in [0.4, 0.5) is 0 Å². The molecule has 2 N–H and O–H groups in total. The van der Waals surface area contributed by atoms with Crippen molar-refractivity contribution in [2.24, 2.45) is 0 Å². The van der Waals surface area contributed by atoms with Gasteiger partial charge in [-0.05, 0) is 26.7 Å². The van der Waals surface area contributed by atoms with E-state index in [0.717, 1.165) is 19.3 Å². The Hall–Kier alpha value is -0.570. The topological polar surface area (TPSA) is 41.1 Å². The van der Waals surface area contributed by atoms with E-state index in [2.05, 4.69) is 24.5 Å². The average Bonchev–Trinajstić information content (AvgIpc) is 1.85. The first kappa shape index (κ1) is 8.53.